The van der Waals surface area contributed by atoms with E-state index in [1.807, 2.05) is 36.8 Å². The molecule has 0 aliphatic heterocycles. The van der Waals surface area contributed by atoms with Gasteiger partial charge in [0.1, 0.15) is 0 Å². The predicted molar refractivity (Wildman–Crippen MR) is 140 cm³/mol. The Morgan fingerprint density at radius 1 is 0.743 bits per heavy atom. The summed E-state index contributed by atoms with van der Waals surface area (Å²) in [4.78, 5) is 18.6. The molecular formula is C30H23N5. The van der Waals surface area contributed by atoms with Crippen LogP contribution in [0.2, 0.25) is 0 Å². The molecule has 0 amide bonds. The van der Waals surface area contributed by atoms with Crippen molar-refractivity contribution in [1.82, 2.24) is 19.9 Å². The fourth-order valence-electron chi connectivity index (χ4n) is 4.56. The minimum atomic E-state index is 0.574. The summed E-state index contributed by atoms with van der Waals surface area (Å²) in [6.07, 6.45) is 8.09. The topological polar surface area (TPSA) is 63.6 Å². The van der Waals surface area contributed by atoms with Crippen LogP contribution in [0.5, 0.6) is 0 Å². The highest BCUT2D eigenvalue weighted by molar-refractivity contribution is 5.90. The number of hydrogen-bond acceptors (Lipinski definition) is 5. The molecule has 0 radical (unpaired) electrons. The standard InChI is InChI=1S/C30H23N5/c1-20-15-24-18-31-14-12-25(24)27-19-34-30(35-29(27)26-11-6-13-32-28(20)26)33-17-21-7-5-10-23(16-21)22-8-3-2-4-9-22/h2-14,16,18-19H,1,15,17H2,(H,33,34,35). The van der Waals surface area contributed by atoms with Gasteiger partial charge in [-0.25, -0.2) is 9.97 Å². The fourth-order valence-corrected chi connectivity index (χ4v) is 4.56. The molecule has 3 heterocycles. The van der Waals surface area contributed by atoms with Gasteiger partial charge < -0.3 is 5.32 Å². The summed E-state index contributed by atoms with van der Waals surface area (Å²) < 4.78 is 0. The maximum atomic E-state index is 4.96. The fraction of sp³-hybridized carbons (Fsp3) is 0.0667. The van der Waals surface area contributed by atoms with Crippen molar-refractivity contribution < 1.29 is 0 Å². The summed E-state index contributed by atoms with van der Waals surface area (Å²) in [5.74, 6) is 0.574. The number of pyridine rings is 2. The summed E-state index contributed by atoms with van der Waals surface area (Å²) in [7, 11) is 0. The molecule has 35 heavy (non-hydrogen) atoms. The molecule has 1 aliphatic carbocycles. The van der Waals surface area contributed by atoms with Crippen molar-refractivity contribution in [1.29, 1.82) is 0 Å². The minimum absolute atomic E-state index is 0.574. The molecule has 0 bridgehead atoms. The van der Waals surface area contributed by atoms with Crippen molar-refractivity contribution in [3.8, 4) is 33.5 Å². The van der Waals surface area contributed by atoms with E-state index in [1.165, 1.54) is 11.1 Å². The van der Waals surface area contributed by atoms with Crippen LogP contribution < -0.4 is 5.32 Å². The molecule has 5 heteroatoms. The van der Waals surface area contributed by atoms with E-state index in [2.05, 4.69) is 81.4 Å². The molecule has 6 rings (SSSR count). The Kier molecular flexibility index (Phi) is 5.35. The Hall–Kier alpha value is -4.64. The summed E-state index contributed by atoms with van der Waals surface area (Å²) in [6, 6.07) is 24.9. The average molecular weight is 454 g/mol. The zero-order valence-corrected chi connectivity index (χ0v) is 19.1. The highest BCUT2D eigenvalue weighted by Crippen LogP contribution is 2.39. The molecule has 3 aromatic heterocycles. The third-order valence-electron chi connectivity index (χ3n) is 6.27. The lowest BCUT2D eigenvalue weighted by atomic mass is 9.88. The number of aromatic nitrogens is 4. The molecule has 0 saturated heterocycles. The Bertz CT molecular complexity index is 1540. The number of fused-ring (bicyclic) bond motifs is 5. The van der Waals surface area contributed by atoms with Gasteiger partial charge >= 0.3 is 0 Å². The summed E-state index contributed by atoms with van der Waals surface area (Å²) in [5, 5.41) is 3.41. The van der Waals surface area contributed by atoms with Crippen molar-refractivity contribution in [3.63, 3.8) is 0 Å². The lowest BCUT2D eigenvalue weighted by Crippen LogP contribution is -2.08. The van der Waals surface area contributed by atoms with Crippen molar-refractivity contribution in [2.45, 2.75) is 13.0 Å². The smallest absolute Gasteiger partial charge is 0.223 e. The second kappa shape index (κ2) is 8.95. The Labute approximate surface area is 204 Å². The predicted octanol–water partition coefficient (Wildman–Crippen LogP) is 6.45. The third-order valence-corrected chi connectivity index (χ3v) is 6.27. The Balaban J connectivity index is 1.37. The van der Waals surface area contributed by atoms with Crippen LogP contribution in [0, 0.1) is 0 Å². The molecule has 0 atom stereocenters. The van der Waals surface area contributed by atoms with Crippen LogP contribution in [0.25, 0.3) is 39.1 Å². The second-order valence-electron chi connectivity index (χ2n) is 8.59. The molecule has 0 spiro atoms. The van der Waals surface area contributed by atoms with Gasteiger partial charge in [0, 0.05) is 48.9 Å². The SMILES string of the molecule is C=C1Cc2cnccc2-c2cnc(NCc3cccc(-c4ccccc4)c3)nc2-c2cccnc21. The van der Waals surface area contributed by atoms with Crippen molar-refractivity contribution >= 4 is 11.5 Å². The van der Waals surface area contributed by atoms with Crippen LogP contribution in [0.15, 0.2) is 104 Å². The maximum absolute atomic E-state index is 4.96. The van der Waals surface area contributed by atoms with E-state index in [4.69, 9.17) is 4.98 Å². The first-order chi connectivity index (χ1) is 17.3. The van der Waals surface area contributed by atoms with E-state index in [0.717, 1.165) is 44.8 Å². The number of allylic oxidation sites excluding steroid dienone is 1. The molecule has 0 fully saturated rings. The molecule has 1 aliphatic rings. The van der Waals surface area contributed by atoms with E-state index in [9.17, 15) is 0 Å². The zero-order chi connectivity index (χ0) is 23.6. The number of nitrogens with one attached hydrogen (secondary N) is 1. The normalized spacial score (nSPS) is 12.1. The van der Waals surface area contributed by atoms with Crippen molar-refractivity contribution in [3.05, 3.63) is 121 Å². The van der Waals surface area contributed by atoms with E-state index >= 15 is 0 Å². The monoisotopic (exact) mass is 453 g/mol. The highest BCUT2D eigenvalue weighted by atomic mass is 15.1. The molecule has 168 valence electrons. The summed E-state index contributed by atoms with van der Waals surface area (Å²) >= 11 is 0. The molecule has 5 nitrogen and oxygen atoms in total. The average Bonchev–Trinajstić information content (AvgIpc) is 2.92. The van der Waals surface area contributed by atoms with Crippen LogP contribution in [-0.4, -0.2) is 19.9 Å². The number of anilines is 1. The van der Waals surface area contributed by atoms with Gasteiger partial charge in [0.05, 0.1) is 11.4 Å². The van der Waals surface area contributed by atoms with Crippen LogP contribution in [0.4, 0.5) is 5.95 Å². The molecule has 2 aromatic carbocycles. The number of rotatable bonds is 4. The highest BCUT2D eigenvalue weighted by Gasteiger charge is 2.22. The van der Waals surface area contributed by atoms with Crippen LogP contribution in [0.3, 0.4) is 0 Å². The largest absolute Gasteiger partial charge is 0.350 e. The van der Waals surface area contributed by atoms with Gasteiger partial charge in [-0.2, -0.15) is 0 Å². The van der Waals surface area contributed by atoms with E-state index < -0.39 is 0 Å². The molecular weight excluding hydrogens is 430 g/mol. The third kappa shape index (κ3) is 4.08. The second-order valence-corrected chi connectivity index (χ2v) is 8.59. The van der Waals surface area contributed by atoms with E-state index in [0.29, 0.717) is 18.9 Å². The van der Waals surface area contributed by atoms with Crippen molar-refractivity contribution in [2.75, 3.05) is 5.32 Å². The lowest BCUT2D eigenvalue weighted by Gasteiger charge is -2.20. The number of benzene rings is 2. The first-order valence-corrected chi connectivity index (χ1v) is 11.6. The quantitative estimate of drug-likeness (QED) is 0.339. The van der Waals surface area contributed by atoms with Crippen LogP contribution in [-0.2, 0) is 13.0 Å². The van der Waals surface area contributed by atoms with E-state index in [1.54, 1.807) is 6.20 Å². The van der Waals surface area contributed by atoms with Gasteiger partial charge in [-0.1, -0.05) is 55.1 Å². The van der Waals surface area contributed by atoms with E-state index in [-0.39, 0.29) is 0 Å². The van der Waals surface area contributed by atoms with Gasteiger partial charge in [0.25, 0.3) is 0 Å². The van der Waals surface area contributed by atoms with Crippen LogP contribution in [0.1, 0.15) is 16.8 Å². The Morgan fingerprint density at radius 2 is 1.63 bits per heavy atom. The molecule has 5 aromatic rings. The minimum Gasteiger partial charge on any atom is -0.350 e. The van der Waals surface area contributed by atoms with Gasteiger partial charge in [-0.3, -0.25) is 9.97 Å². The summed E-state index contributed by atoms with van der Waals surface area (Å²) in [5.41, 5.74) is 10.3. The maximum Gasteiger partial charge on any atom is 0.223 e. The molecule has 0 unspecified atom stereocenters. The van der Waals surface area contributed by atoms with Gasteiger partial charge in [-0.05, 0) is 57.7 Å². The van der Waals surface area contributed by atoms with Crippen molar-refractivity contribution in [2.24, 2.45) is 0 Å². The zero-order valence-electron chi connectivity index (χ0n) is 19.1. The van der Waals surface area contributed by atoms with Crippen LogP contribution >= 0.6 is 0 Å². The van der Waals surface area contributed by atoms with Gasteiger partial charge in [0.15, 0.2) is 0 Å². The Morgan fingerprint density at radius 3 is 2.54 bits per heavy atom. The lowest BCUT2D eigenvalue weighted by molar-refractivity contribution is 1.05. The number of nitrogens with zero attached hydrogens (tertiary/aromatic N) is 4. The molecule has 0 saturated carbocycles. The summed E-state index contributed by atoms with van der Waals surface area (Å²) in [6.45, 7) is 4.93. The van der Waals surface area contributed by atoms with Gasteiger partial charge in [-0.15, -0.1) is 0 Å². The first kappa shape index (κ1) is 20.9. The molecule has 1 N–H and O–H groups in total. The number of hydrogen-bond donors (Lipinski definition) is 1. The first-order valence-electron chi connectivity index (χ1n) is 11.6. The van der Waals surface area contributed by atoms with Gasteiger partial charge in [0.2, 0.25) is 5.95 Å².